The fraction of sp³-hybridized carbons (Fsp3) is 0.188. The number of carbonyl (C=O) groups excluding carboxylic acids is 1. The van der Waals surface area contributed by atoms with Gasteiger partial charge < -0.3 is 4.74 Å². The van der Waals surface area contributed by atoms with E-state index in [-0.39, 0.29) is 10.5 Å². The molecule has 0 spiro atoms. The number of benzene rings is 2. The summed E-state index contributed by atoms with van der Waals surface area (Å²) in [6.45, 7) is -1.21. The number of carbonyl (C=O) groups is 1. The van der Waals surface area contributed by atoms with Crippen LogP contribution in [0.15, 0.2) is 29.2 Å². The van der Waals surface area contributed by atoms with Crippen LogP contribution < -0.4 is 0 Å². The van der Waals surface area contributed by atoms with E-state index in [9.17, 15) is 35.2 Å². The summed E-state index contributed by atoms with van der Waals surface area (Å²) in [7, 11) is -1.12. The molecule has 11 heteroatoms. The highest BCUT2D eigenvalue weighted by atomic mass is 32.2. The summed E-state index contributed by atoms with van der Waals surface area (Å²) in [5, 5.41) is 0. The van der Waals surface area contributed by atoms with Crippen LogP contribution in [0.25, 0.3) is 0 Å². The molecule has 0 saturated carbocycles. The van der Waals surface area contributed by atoms with E-state index in [0.717, 1.165) is 28.6 Å². The zero-order chi connectivity index (χ0) is 20.5. The number of nitrogens with zero attached hydrogens (tertiary/aromatic N) is 1. The highest BCUT2D eigenvalue weighted by Gasteiger charge is 2.26. The zero-order valence-corrected chi connectivity index (χ0v) is 14.7. The standard InChI is InChI=1S/C16H12F5NO4S/c1-22(2)27(24,25)9-5-3-8(4-6-9)16(23)26-7-10-11(17)13(19)15(21)14(20)12(10)18/h3-6H,7H2,1-2H3. The first-order chi connectivity index (χ1) is 12.5. The summed E-state index contributed by atoms with van der Waals surface area (Å²) >= 11 is 0. The van der Waals surface area contributed by atoms with E-state index < -0.39 is 57.2 Å². The van der Waals surface area contributed by atoms with E-state index in [1.165, 1.54) is 14.1 Å². The lowest BCUT2D eigenvalue weighted by molar-refractivity contribution is 0.0462. The van der Waals surface area contributed by atoms with Gasteiger partial charge in [-0.3, -0.25) is 0 Å². The summed E-state index contributed by atoms with van der Waals surface area (Å²) in [5.41, 5.74) is -1.48. The lowest BCUT2D eigenvalue weighted by Crippen LogP contribution is -2.22. The van der Waals surface area contributed by atoms with Crippen molar-refractivity contribution in [2.45, 2.75) is 11.5 Å². The lowest BCUT2D eigenvalue weighted by atomic mass is 10.2. The van der Waals surface area contributed by atoms with Crippen LogP contribution >= 0.6 is 0 Å². The maximum Gasteiger partial charge on any atom is 0.338 e. The molecule has 0 aliphatic rings. The average molecular weight is 409 g/mol. The third-order valence-electron chi connectivity index (χ3n) is 3.52. The van der Waals surface area contributed by atoms with E-state index in [1.807, 2.05) is 0 Å². The van der Waals surface area contributed by atoms with Crippen LogP contribution in [0.3, 0.4) is 0 Å². The fourth-order valence-electron chi connectivity index (χ4n) is 1.97. The van der Waals surface area contributed by atoms with Gasteiger partial charge in [-0.15, -0.1) is 0 Å². The Labute approximate surface area is 151 Å². The molecule has 27 heavy (non-hydrogen) atoms. The molecule has 0 amide bonds. The van der Waals surface area contributed by atoms with Crippen LogP contribution in [0.4, 0.5) is 22.0 Å². The van der Waals surface area contributed by atoms with Gasteiger partial charge in [0.2, 0.25) is 15.8 Å². The van der Waals surface area contributed by atoms with Gasteiger partial charge in [0.05, 0.1) is 16.0 Å². The van der Waals surface area contributed by atoms with Crippen molar-refractivity contribution in [2.75, 3.05) is 14.1 Å². The van der Waals surface area contributed by atoms with E-state index in [2.05, 4.69) is 4.74 Å². The van der Waals surface area contributed by atoms with Crippen molar-refractivity contribution < 1.29 is 39.9 Å². The Morgan fingerprint density at radius 1 is 0.889 bits per heavy atom. The van der Waals surface area contributed by atoms with Crippen molar-refractivity contribution in [1.82, 2.24) is 4.31 Å². The summed E-state index contributed by atoms with van der Waals surface area (Å²) in [5.74, 6) is -12.0. The van der Waals surface area contributed by atoms with Gasteiger partial charge in [0.25, 0.3) is 0 Å². The topological polar surface area (TPSA) is 63.7 Å². The Kier molecular flexibility index (Phi) is 5.85. The minimum atomic E-state index is -3.74. The Bertz CT molecular complexity index is 962. The number of halogens is 5. The molecule has 5 nitrogen and oxygen atoms in total. The largest absolute Gasteiger partial charge is 0.457 e. The predicted octanol–water partition coefficient (Wildman–Crippen LogP) is 2.99. The number of rotatable bonds is 5. The van der Waals surface area contributed by atoms with Crippen LogP contribution in [-0.4, -0.2) is 32.8 Å². The van der Waals surface area contributed by atoms with Crippen molar-refractivity contribution in [3.63, 3.8) is 0 Å². The summed E-state index contributed by atoms with van der Waals surface area (Å²) in [6, 6.07) is 4.36. The van der Waals surface area contributed by atoms with Crippen LogP contribution in [0.1, 0.15) is 15.9 Å². The van der Waals surface area contributed by atoms with E-state index in [1.54, 1.807) is 0 Å². The molecule has 0 aliphatic heterocycles. The van der Waals surface area contributed by atoms with Crippen LogP contribution in [0, 0.1) is 29.1 Å². The molecular formula is C16H12F5NO4S. The minimum absolute atomic E-state index is 0.121. The Balaban J connectivity index is 2.20. The third kappa shape index (κ3) is 3.93. The molecule has 2 aromatic rings. The number of esters is 1. The monoisotopic (exact) mass is 409 g/mol. The molecule has 0 aliphatic carbocycles. The van der Waals surface area contributed by atoms with Gasteiger partial charge in [-0.1, -0.05) is 0 Å². The van der Waals surface area contributed by atoms with Crippen LogP contribution in [0.2, 0.25) is 0 Å². The van der Waals surface area contributed by atoms with Crippen LogP contribution in [0.5, 0.6) is 0 Å². The molecule has 0 heterocycles. The Morgan fingerprint density at radius 3 is 1.78 bits per heavy atom. The summed E-state index contributed by atoms with van der Waals surface area (Å²) in [4.78, 5) is 11.8. The fourth-order valence-corrected chi connectivity index (χ4v) is 2.87. The van der Waals surface area contributed by atoms with Gasteiger partial charge in [0, 0.05) is 14.1 Å². The third-order valence-corrected chi connectivity index (χ3v) is 5.35. The zero-order valence-electron chi connectivity index (χ0n) is 13.9. The molecule has 0 N–H and O–H groups in total. The van der Waals surface area contributed by atoms with Gasteiger partial charge in [-0.25, -0.2) is 39.5 Å². The molecule has 146 valence electrons. The lowest BCUT2D eigenvalue weighted by Gasteiger charge is -2.12. The Morgan fingerprint density at radius 2 is 1.33 bits per heavy atom. The second-order valence-corrected chi connectivity index (χ2v) is 7.59. The second kappa shape index (κ2) is 7.61. The first-order valence-corrected chi connectivity index (χ1v) is 8.62. The van der Waals surface area contributed by atoms with Gasteiger partial charge >= 0.3 is 5.97 Å². The Hall–Kier alpha value is -2.53. The second-order valence-electron chi connectivity index (χ2n) is 5.44. The molecule has 0 unspecified atom stereocenters. The first kappa shape index (κ1) is 20.8. The molecule has 0 fully saturated rings. The smallest absolute Gasteiger partial charge is 0.338 e. The first-order valence-electron chi connectivity index (χ1n) is 7.18. The molecule has 0 saturated heterocycles. The average Bonchev–Trinajstić information content (AvgIpc) is 2.64. The molecule has 2 rings (SSSR count). The van der Waals surface area contributed by atoms with Crippen molar-refractivity contribution in [3.8, 4) is 0 Å². The quantitative estimate of drug-likeness (QED) is 0.330. The maximum absolute atomic E-state index is 13.5. The van der Waals surface area contributed by atoms with Gasteiger partial charge in [-0.2, -0.15) is 0 Å². The molecule has 0 radical (unpaired) electrons. The molecule has 0 bridgehead atoms. The number of hydrogen-bond donors (Lipinski definition) is 0. The molecular weight excluding hydrogens is 397 g/mol. The van der Waals surface area contributed by atoms with Crippen molar-refractivity contribution >= 4 is 16.0 Å². The summed E-state index contributed by atoms with van der Waals surface area (Å²) < 4.78 is 95.6. The minimum Gasteiger partial charge on any atom is -0.457 e. The van der Waals surface area contributed by atoms with Crippen molar-refractivity contribution in [3.05, 3.63) is 64.5 Å². The van der Waals surface area contributed by atoms with Gasteiger partial charge in [-0.05, 0) is 24.3 Å². The van der Waals surface area contributed by atoms with E-state index >= 15 is 0 Å². The predicted molar refractivity (Wildman–Crippen MR) is 82.7 cm³/mol. The maximum atomic E-state index is 13.5. The molecule has 0 atom stereocenters. The van der Waals surface area contributed by atoms with Gasteiger partial charge in [0.1, 0.15) is 6.61 Å². The molecule has 0 aromatic heterocycles. The van der Waals surface area contributed by atoms with Gasteiger partial charge in [0.15, 0.2) is 23.3 Å². The normalized spacial score (nSPS) is 11.7. The summed E-state index contributed by atoms with van der Waals surface area (Å²) in [6.07, 6.45) is 0. The highest BCUT2D eigenvalue weighted by molar-refractivity contribution is 7.89. The van der Waals surface area contributed by atoms with E-state index in [4.69, 9.17) is 0 Å². The van der Waals surface area contributed by atoms with E-state index in [0.29, 0.717) is 0 Å². The highest BCUT2D eigenvalue weighted by Crippen LogP contribution is 2.24. The number of hydrogen-bond acceptors (Lipinski definition) is 4. The number of sulfonamides is 1. The van der Waals surface area contributed by atoms with Crippen LogP contribution in [-0.2, 0) is 21.4 Å². The number of ether oxygens (including phenoxy) is 1. The van der Waals surface area contributed by atoms with Crippen molar-refractivity contribution in [1.29, 1.82) is 0 Å². The SMILES string of the molecule is CN(C)S(=O)(=O)c1ccc(C(=O)OCc2c(F)c(F)c(F)c(F)c2F)cc1. The van der Waals surface area contributed by atoms with Crippen molar-refractivity contribution in [2.24, 2.45) is 0 Å². The molecule has 2 aromatic carbocycles.